The van der Waals surface area contributed by atoms with Gasteiger partial charge in [-0.05, 0) is 31.5 Å². The number of morpholine rings is 1. The summed E-state index contributed by atoms with van der Waals surface area (Å²) in [5.41, 5.74) is 3.08. The van der Waals surface area contributed by atoms with Gasteiger partial charge in [-0.1, -0.05) is 0 Å². The quantitative estimate of drug-likeness (QED) is 0.883. The lowest BCUT2D eigenvalue weighted by Crippen LogP contribution is -2.77. The van der Waals surface area contributed by atoms with Crippen molar-refractivity contribution in [2.45, 2.75) is 31.1 Å². The molecule has 5 heterocycles. The van der Waals surface area contributed by atoms with Crippen LogP contribution in [0.15, 0.2) is 24.4 Å². The van der Waals surface area contributed by atoms with Crippen LogP contribution < -0.4 is 10.2 Å². The van der Waals surface area contributed by atoms with Gasteiger partial charge in [0.2, 0.25) is 0 Å². The van der Waals surface area contributed by atoms with Gasteiger partial charge >= 0.3 is 0 Å². The average Bonchev–Trinajstić information content (AvgIpc) is 3.06. The zero-order valence-corrected chi connectivity index (χ0v) is 15.1. The maximum Gasteiger partial charge on any atom is 0.142 e. The van der Waals surface area contributed by atoms with Crippen molar-refractivity contribution in [3.8, 4) is 6.07 Å². The van der Waals surface area contributed by atoms with Crippen LogP contribution in [0, 0.1) is 11.3 Å². The molecule has 3 aliphatic rings. The number of pyridine rings is 1. The number of likely N-dealkylation sites (tertiary alicyclic amines) is 1. The second kappa shape index (κ2) is 5.95. The second-order valence-electron chi connectivity index (χ2n) is 7.84. The van der Waals surface area contributed by atoms with Crippen molar-refractivity contribution in [3.63, 3.8) is 0 Å². The van der Waals surface area contributed by atoms with Crippen LogP contribution >= 0.6 is 0 Å². The number of hydrogen-bond acceptors (Lipinski definition) is 6. The van der Waals surface area contributed by atoms with Gasteiger partial charge in [-0.2, -0.15) is 10.4 Å². The smallest absolute Gasteiger partial charge is 0.142 e. The minimum Gasteiger partial charge on any atom is -0.370 e. The molecule has 0 bridgehead atoms. The average molecular weight is 352 g/mol. The first kappa shape index (κ1) is 16.1. The number of aromatic nitrogens is 2. The van der Waals surface area contributed by atoms with Crippen LogP contribution in [0.4, 0.5) is 5.69 Å². The number of nitriles is 1. The fraction of sp³-hybridized carbons (Fsp3) is 0.579. The van der Waals surface area contributed by atoms with Crippen LogP contribution in [0.3, 0.4) is 0 Å². The fourth-order valence-electron chi connectivity index (χ4n) is 4.63. The van der Waals surface area contributed by atoms with E-state index >= 15 is 0 Å². The van der Waals surface area contributed by atoms with Crippen LogP contribution in [0.2, 0.25) is 0 Å². The summed E-state index contributed by atoms with van der Waals surface area (Å²) < 4.78 is 8.00. The number of hydrogen-bond donors (Lipinski definition) is 1. The van der Waals surface area contributed by atoms with E-state index in [1.807, 2.05) is 18.2 Å². The Bertz CT molecular complexity index is 861. The first-order chi connectivity index (χ1) is 12.7. The van der Waals surface area contributed by atoms with Crippen LogP contribution in [0.1, 0.15) is 19.0 Å². The molecule has 0 unspecified atom stereocenters. The van der Waals surface area contributed by atoms with Gasteiger partial charge in [0.25, 0.3) is 0 Å². The molecule has 0 radical (unpaired) electrons. The van der Waals surface area contributed by atoms with Gasteiger partial charge in [-0.3, -0.25) is 4.90 Å². The third-order valence-electron chi connectivity index (χ3n) is 6.16. The molecule has 3 aliphatic heterocycles. The molecular weight excluding hydrogens is 328 g/mol. The van der Waals surface area contributed by atoms with E-state index in [4.69, 9.17) is 4.74 Å². The van der Waals surface area contributed by atoms with Crippen molar-refractivity contribution in [2.24, 2.45) is 0 Å². The van der Waals surface area contributed by atoms with Gasteiger partial charge < -0.3 is 15.0 Å². The molecule has 0 saturated carbocycles. The Morgan fingerprint density at radius 2 is 2.23 bits per heavy atom. The Morgan fingerprint density at radius 1 is 1.35 bits per heavy atom. The van der Waals surface area contributed by atoms with Crippen molar-refractivity contribution in [3.05, 3.63) is 30.1 Å². The van der Waals surface area contributed by atoms with Gasteiger partial charge in [0.1, 0.15) is 11.8 Å². The molecule has 3 fully saturated rings. The van der Waals surface area contributed by atoms with Crippen LogP contribution in [0.25, 0.3) is 5.52 Å². The number of nitrogens with one attached hydrogen (secondary N) is 1. The highest BCUT2D eigenvalue weighted by Crippen LogP contribution is 2.35. The predicted molar refractivity (Wildman–Crippen MR) is 98.2 cm³/mol. The summed E-state index contributed by atoms with van der Waals surface area (Å²) in [7, 11) is 0. The largest absolute Gasteiger partial charge is 0.370 e. The highest BCUT2D eigenvalue weighted by molar-refractivity contribution is 5.74. The highest BCUT2D eigenvalue weighted by Gasteiger charge is 2.49. The van der Waals surface area contributed by atoms with E-state index in [1.54, 1.807) is 10.7 Å². The van der Waals surface area contributed by atoms with Crippen molar-refractivity contribution in [1.82, 2.24) is 19.8 Å². The van der Waals surface area contributed by atoms with E-state index in [0.29, 0.717) is 11.2 Å². The van der Waals surface area contributed by atoms with Gasteiger partial charge in [-0.25, -0.2) is 4.52 Å². The number of fused-ring (bicyclic) bond motifs is 1. The summed E-state index contributed by atoms with van der Waals surface area (Å²) in [5, 5.41) is 17.0. The summed E-state index contributed by atoms with van der Waals surface area (Å²) >= 11 is 0. The molecule has 2 aromatic heterocycles. The number of ether oxygens (including phenoxy) is 1. The zero-order chi connectivity index (χ0) is 17.7. The Kier molecular flexibility index (Phi) is 3.67. The van der Waals surface area contributed by atoms with Crippen LogP contribution in [0.5, 0.6) is 0 Å². The molecule has 1 spiro atoms. The van der Waals surface area contributed by atoms with Gasteiger partial charge in [-0.15, -0.1) is 0 Å². The first-order valence-electron chi connectivity index (χ1n) is 9.42. The summed E-state index contributed by atoms with van der Waals surface area (Å²) in [4.78, 5) is 4.99. The fourth-order valence-corrected chi connectivity index (χ4v) is 4.63. The molecule has 26 heavy (non-hydrogen) atoms. The Labute approximate surface area is 153 Å². The van der Waals surface area contributed by atoms with Crippen LogP contribution in [-0.4, -0.2) is 71.5 Å². The minimum absolute atomic E-state index is 0.184. The van der Waals surface area contributed by atoms with E-state index in [-0.39, 0.29) is 12.2 Å². The molecule has 2 atom stereocenters. The SMILES string of the molecule is C[C@@H]1CN(c2ccc(C#N)n3nccc23)C[C@H](CN2CCC23CNC3)O1. The molecular formula is C19H24N6O. The molecule has 3 saturated heterocycles. The van der Waals surface area contributed by atoms with Crippen molar-refractivity contribution in [2.75, 3.05) is 44.2 Å². The minimum atomic E-state index is 0.184. The summed E-state index contributed by atoms with van der Waals surface area (Å²) in [6.45, 7) is 8.28. The molecule has 2 aromatic rings. The normalized spacial score (nSPS) is 27.9. The molecule has 1 N–H and O–H groups in total. The molecule has 0 aliphatic carbocycles. The molecule has 0 amide bonds. The Morgan fingerprint density at radius 3 is 2.92 bits per heavy atom. The van der Waals surface area contributed by atoms with Crippen molar-refractivity contribution < 1.29 is 4.74 Å². The molecule has 5 rings (SSSR count). The predicted octanol–water partition coefficient (Wildman–Crippen LogP) is 0.847. The van der Waals surface area contributed by atoms with Gasteiger partial charge in [0.05, 0.1) is 29.6 Å². The number of anilines is 1. The lowest BCUT2D eigenvalue weighted by Gasteiger charge is -2.60. The Balaban J connectivity index is 1.38. The lowest BCUT2D eigenvalue weighted by atomic mass is 9.79. The molecule has 136 valence electrons. The highest BCUT2D eigenvalue weighted by atomic mass is 16.5. The monoisotopic (exact) mass is 352 g/mol. The van der Waals surface area contributed by atoms with E-state index in [2.05, 4.69) is 33.2 Å². The van der Waals surface area contributed by atoms with E-state index in [0.717, 1.165) is 43.9 Å². The zero-order valence-electron chi connectivity index (χ0n) is 15.1. The third-order valence-corrected chi connectivity index (χ3v) is 6.16. The summed E-state index contributed by atoms with van der Waals surface area (Å²) in [5.74, 6) is 0. The summed E-state index contributed by atoms with van der Waals surface area (Å²) in [6, 6.07) is 8.10. The molecule has 7 heteroatoms. The Hall–Kier alpha value is -2.14. The third kappa shape index (κ3) is 2.41. The number of rotatable bonds is 3. The number of nitrogens with zero attached hydrogens (tertiary/aromatic N) is 5. The van der Waals surface area contributed by atoms with E-state index in [1.165, 1.54) is 13.0 Å². The molecule has 7 nitrogen and oxygen atoms in total. The van der Waals surface area contributed by atoms with E-state index in [9.17, 15) is 5.26 Å². The summed E-state index contributed by atoms with van der Waals surface area (Å²) in [6.07, 6.45) is 3.45. The second-order valence-corrected chi connectivity index (χ2v) is 7.84. The van der Waals surface area contributed by atoms with E-state index < -0.39 is 0 Å². The van der Waals surface area contributed by atoms with Crippen molar-refractivity contribution >= 4 is 11.2 Å². The maximum absolute atomic E-state index is 9.29. The van der Waals surface area contributed by atoms with Crippen molar-refractivity contribution in [1.29, 1.82) is 5.26 Å². The standard InChI is InChI=1S/C19H24N6O/c1-14-9-23(17-3-2-15(8-20)25-18(17)4-6-22-25)10-16(26-14)11-24-7-5-19(24)12-21-13-19/h2-4,6,14,16,21H,5,7,9-13H2,1H3/t14-,16-/m1/s1. The maximum atomic E-state index is 9.29. The lowest BCUT2D eigenvalue weighted by molar-refractivity contribution is -0.103. The first-order valence-corrected chi connectivity index (χ1v) is 9.42. The van der Waals surface area contributed by atoms with Gasteiger partial charge in [0.15, 0.2) is 0 Å². The molecule has 0 aromatic carbocycles. The van der Waals surface area contributed by atoms with Crippen LogP contribution in [-0.2, 0) is 4.74 Å². The topological polar surface area (TPSA) is 68.8 Å². The van der Waals surface area contributed by atoms with Gasteiger partial charge in [0, 0.05) is 44.8 Å².